The number of nitrogens with one attached hydrogen (secondary N) is 2. The first-order valence-corrected chi connectivity index (χ1v) is 2.41. The van der Waals surface area contributed by atoms with Crippen LogP contribution in [0.4, 0.5) is 0 Å². The number of hydroxylamine groups is 1. The smallest absolute Gasteiger partial charge is 0.224 e. The molecule has 0 aromatic heterocycles. The fraction of sp³-hybridized carbons (Fsp3) is 0.250. The minimum atomic E-state index is -0.954. The van der Waals surface area contributed by atoms with Gasteiger partial charge in [0.25, 0.3) is 0 Å². The van der Waals surface area contributed by atoms with E-state index in [2.05, 4.69) is 10.3 Å². The molecule has 0 radical (unpaired) electrons. The van der Waals surface area contributed by atoms with Gasteiger partial charge in [0.1, 0.15) is 0 Å². The van der Waals surface area contributed by atoms with Gasteiger partial charge in [0.2, 0.25) is 6.35 Å². The van der Waals surface area contributed by atoms with Crippen LogP contribution in [0.15, 0.2) is 17.3 Å². The van der Waals surface area contributed by atoms with Crippen LogP contribution in [0.1, 0.15) is 0 Å². The van der Waals surface area contributed by atoms with E-state index in [0.717, 1.165) is 0 Å². The molecule has 1 rings (SSSR count). The molecular formula is C4H7N3O2. The van der Waals surface area contributed by atoms with Crippen LogP contribution in [0, 0.1) is 0 Å². The molecule has 1 aliphatic rings. The van der Waals surface area contributed by atoms with E-state index in [0.29, 0.717) is 0 Å². The summed E-state index contributed by atoms with van der Waals surface area (Å²) in [6.45, 7) is 0. The molecule has 1 heterocycles. The van der Waals surface area contributed by atoms with Crippen LogP contribution >= 0.6 is 0 Å². The average molecular weight is 129 g/mol. The van der Waals surface area contributed by atoms with Gasteiger partial charge in [-0.15, -0.1) is 0 Å². The van der Waals surface area contributed by atoms with Crippen LogP contribution in [0.25, 0.3) is 0 Å². The van der Waals surface area contributed by atoms with Crippen molar-refractivity contribution in [3.05, 3.63) is 12.3 Å². The van der Waals surface area contributed by atoms with Crippen LogP contribution in [0.2, 0.25) is 0 Å². The molecule has 0 saturated heterocycles. The molecule has 4 N–H and O–H groups in total. The highest BCUT2D eigenvalue weighted by atomic mass is 16.5. The molecule has 0 bridgehead atoms. The summed E-state index contributed by atoms with van der Waals surface area (Å²) in [5, 5.41) is 19.4. The minimum absolute atomic E-state index is 0.237. The largest absolute Gasteiger partial charge is 0.355 e. The second-order valence-electron chi connectivity index (χ2n) is 1.50. The van der Waals surface area contributed by atoms with Gasteiger partial charge in [-0.1, -0.05) is 0 Å². The normalized spacial score (nSPS) is 24.7. The highest BCUT2D eigenvalue weighted by molar-refractivity contribution is 5.92. The highest BCUT2D eigenvalue weighted by Gasteiger charge is 2.02. The summed E-state index contributed by atoms with van der Waals surface area (Å²) in [6, 6.07) is 0. The van der Waals surface area contributed by atoms with Crippen molar-refractivity contribution in [2.75, 3.05) is 0 Å². The lowest BCUT2D eigenvalue weighted by Crippen LogP contribution is -2.30. The molecule has 1 unspecified atom stereocenters. The summed E-state index contributed by atoms with van der Waals surface area (Å²) < 4.78 is 0. The van der Waals surface area contributed by atoms with Crippen LogP contribution < -0.4 is 10.8 Å². The van der Waals surface area contributed by atoms with Crippen molar-refractivity contribution in [3.8, 4) is 0 Å². The first kappa shape index (κ1) is 6.06. The third-order valence-corrected chi connectivity index (χ3v) is 0.862. The monoisotopic (exact) mass is 129 g/mol. The highest BCUT2D eigenvalue weighted by Crippen LogP contribution is 1.88. The van der Waals surface area contributed by atoms with Crippen molar-refractivity contribution < 1.29 is 10.3 Å². The van der Waals surface area contributed by atoms with E-state index in [9.17, 15) is 0 Å². The zero-order valence-electron chi connectivity index (χ0n) is 4.57. The molecule has 1 aliphatic heterocycles. The lowest BCUT2D eigenvalue weighted by molar-refractivity contribution is 0.157. The van der Waals surface area contributed by atoms with E-state index >= 15 is 0 Å². The van der Waals surface area contributed by atoms with Gasteiger partial charge < -0.3 is 10.4 Å². The molecule has 0 spiro atoms. The van der Waals surface area contributed by atoms with E-state index in [4.69, 9.17) is 10.3 Å². The Hall–Kier alpha value is -1.07. The number of aliphatic imine (C=N–C) groups is 1. The summed E-state index contributed by atoms with van der Waals surface area (Å²) in [6.07, 6.45) is 2.02. The van der Waals surface area contributed by atoms with Crippen molar-refractivity contribution in [1.29, 1.82) is 0 Å². The van der Waals surface area contributed by atoms with Gasteiger partial charge in [-0.2, -0.15) is 0 Å². The molecule has 0 fully saturated rings. The molecule has 1 atom stereocenters. The van der Waals surface area contributed by atoms with Crippen LogP contribution in [0.5, 0.6) is 0 Å². The van der Waals surface area contributed by atoms with Gasteiger partial charge in [0.15, 0.2) is 5.84 Å². The molecule has 0 aliphatic carbocycles. The number of rotatable bonds is 0. The Morgan fingerprint density at radius 2 is 2.56 bits per heavy atom. The second-order valence-corrected chi connectivity index (χ2v) is 1.50. The van der Waals surface area contributed by atoms with E-state index in [-0.39, 0.29) is 5.84 Å². The topological polar surface area (TPSA) is 76.9 Å². The number of aliphatic hydroxyl groups is 1. The van der Waals surface area contributed by atoms with Crippen LogP contribution in [-0.2, 0) is 0 Å². The Morgan fingerprint density at radius 3 is 3.00 bits per heavy atom. The first-order chi connectivity index (χ1) is 4.33. The summed E-state index contributed by atoms with van der Waals surface area (Å²) >= 11 is 0. The zero-order chi connectivity index (χ0) is 6.69. The predicted octanol–water partition coefficient (Wildman–Crippen LogP) is -1.24. The third-order valence-electron chi connectivity index (χ3n) is 0.862. The maximum Gasteiger partial charge on any atom is 0.224 e. The zero-order valence-corrected chi connectivity index (χ0v) is 4.57. The summed E-state index contributed by atoms with van der Waals surface area (Å²) in [5.41, 5.74) is 1.80. The van der Waals surface area contributed by atoms with E-state index in [1.807, 2.05) is 0 Å². The van der Waals surface area contributed by atoms with Crippen molar-refractivity contribution in [2.45, 2.75) is 6.35 Å². The van der Waals surface area contributed by atoms with Gasteiger partial charge in [0, 0.05) is 6.20 Å². The fourth-order valence-corrected chi connectivity index (χ4v) is 0.491. The lowest BCUT2D eigenvalue weighted by atomic mass is 10.5. The van der Waals surface area contributed by atoms with Crippen molar-refractivity contribution in [3.63, 3.8) is 0 Å². The number of aliphatic hydroxyl groups excluding tert-OH is 1. The Kier molecular flexibility index (Phi) is 1.66. The predicted molar refractivity (Wildman–Crippen MR) is 30.6 cm³/mol. The standard InChI is InChI=1S/C4H7N3O2/c8-4-5-2-1-3(6-4)7-9/h1-2,4-5,8-9H,(H,6,7). The van der Waals surface area contributed by atoms with E-state index in [1.165, 1.54) is 12.3 Å². The van der Waals surface area contributed by atoms with E-state index in [1.54, 1.807) is 5.48 Å². The number of hydrogen-bond donors (Lipinski definition) is 4. The van der Waals surface area contributed by atoms with Gasteiger partial charge in [-0.05, 0) is 6.08 Å². The Balaban J connectivity index is 2.59. The van der Waals surface area contributed by atoms with Crippen molar-refractivity contribution >= 4 is 5.84 Å². The number of hydrogen-bond acceptors (Lipinski definition) is 5. The first-order valence-electron chi connectivity index (χ1n) is 2.41. The second kappa shape index (κ2) is 2.47. The van der Waals surface area contributed by atoms with Gasteiger partial charge in [-0.25, -0.2) is 4.99 Å². The number of amidine groups is 1. The molecule has 0 saturated carbocycles. The fourth-order valence-electron chi connectivity index (χ4n) is 0.491. The molecular weight excluding hydrogens is 122 g/mol. The van der Waals surface area contributed by atoms with Gasteiger partial charge in [-0.3, -0.25) is 10.7 Å². The Bertz CT molecular complexity index is 154. The molecule has 0 aromatic carbocycles. The van der Waals surface area contributed by atoms with Gasteiger partial charge >= 0.3 is 0 Å². The molecule has 50 valence electrons. The molecule has 0 amide bonds. The SMILES string of the molecule is ONC1=NC(O)NC=C1. The van der Waals surface area contributed by atoms with Crippen molar-refractivity contribution in [2.24, 2.45) is 4.99 Å². The maximum absolute atomic E-state index is 8.71. The van der Waals surface area contributed by atoms with Crippen molar-refractivity contribution in [1.82, 2.24) is 10.8 Å². The Labute approximate surface area is 51.7 Å². The molecule has 9 heavy (non-hydrogen) atoms. The Morgan fingerprint density at radius 1 is 1.78 bits per heavy atom. The molecule has 5 nitrogen and oxygen atoms in total. The summed E-state index contributed by atoms with van der Waals surface area (Å²) in [4.78, 5) is 3.51. The minimum Gasteiger partial charge on any atom is -0.355 e. The number of nitrogens with zero attached hydrogens (tertiary/aromatic N) is 1. The third kappa shape index (κ3) is 1.41. The summed E-state index contributed by atoms with van der Waals surface area (Å²) in [5.74, 6) is 0.237. The maximum atomic E-state index is 8.71. The quantitative estimate of drug-likeness (QED) is 0.308. The molecule has 0 aromatic rings. The lowest BCUT2D eigenvalue weighted by Gasteiger charge is -2.10. The van der Waals surface area contributed by atoms with Crippen LogP contribution in [-0.4, -0.2) is 22.5 Å². The average Bonchev–Trinajstić information content (AvgIpc) is 1.88. The van der Waals surface area contributed by atoms with Crippen LogP contribution in [0.3, 0.4) is 0 Å². The van der Waals surface area contributed by atoms with Gasteiger partial charge in [0.05, 0.1) is 0 Å². The van der Waals surface area contributed by atoms with E-state index < -0.39 is 6.35 Å². The molecule has 5 heteroatoms. The summed E-state index contributed by atoms with van der Waals surface area (Å²) in [7, 11) is 0.